The molecule has 3 rings (SSSR count). The van der Waals surface area contributed by atoms with Crippen LogP contribution in [0.4, 0.5) is 0 Å². The van der Waals surface area contributed by atoms with Crippen LogP contribution in [0.25, 0.3) is 0 Å². The standard InChI is InChI=1S/C14H18N4/c1-11-5-2-3-6-12(11)9-18-10-16-17-14(18)13-7-4-8-15-13/h2-3,5-6,10,13,15H,4,7-9H2,1H3. The van der Waals surface area contributed by atoms with Crippen LogP contribution in [-0.4, -0.2) is 21.3 Å². The second kappa shape index (κ2) is 4.90. The van der Waals surface area contributed by atoms with Crippen LogP contribution in [0.15, 0.2) is 30.6 Å². The van der Waals surface area contributed by atoms with Crippen LogP contribution in [0.2, 0.25) is 0 Å². The summed E-state index contributed by atoms with van der Waals surface area (Å²) in [5.74, 6) is 1.07. The lowest BCUT2D eigenvalue weighted by Crippen LogP contribution is -2.18. The van der Waals surface area contributed by atoms with Crippen molar-refractivity contribution in [2.24, 2.45) is 0 Å². The normalized spacial score (nSPS) is 19.3. The Labute approximate surface area is 107 Å². The van der Waals surface area contributed by atoms with Gasteiger partial charge in [-0.3, -0.25) is 0 Å². The molecule has 0 aliphatic carbocycles. The molecule has 1 aromatic carbocycles. The fourth-order valence-electron chi connectivity index (χ4n) is 2.53. The molecule has 1 saturated heterocycles. The molecule has 0 bridgehead atoms. The van der Waals surface area contributed by atoms with E-state index in [9.17, 15) is 0 Å². The second-order valence-electron chi connectivity index (χ2n) is 4.89. The van der Waals surface area contributed by atoms with Crippen LogP contribution in [0.5, 0.6) is 0 Å². The number of nitrogens with one attached hydrogen (secondary N) is 1. The number of aromatic nitrogens is 3. The molecule has 1 aromatic heterocycles. The average molecular weight is 242 g/mol. The van der Waals surface area contributed by atoms with Crippen molar-refractivity contribution in [3.63, 3.8) is 0 Å². The summed E-state index contributed by atoms with van der Waals surface area (Å²) in [6, 6.07) is 8.84. The molecule has 1 N–H and O–H groups in total. The first-order valence-corrected chi connectivity index (χ1v) is 6.50. The molecule has 2 aromatic rings. The molecule has 94 valence electrons. The van der Waals surface area contributed by atoms with E-state index in [4.69, 9.17) is 0 Å². The summed E-state index contributed by atoms with van der Waals surface area (Å²) in [7, 11) is 0. The topological polar surface area (TPSA) is 42.7 Å². The predicted octanol–water partition coefficient (Wildman–Crippen LogP) is 2.06. The zero-order chi connectivity index (χ0) is 12.4. The molecule has 2 heterocycles. The predicted molar refractivity (Wildman–Crippen MR) is 70.3 cm³/mol. The summed E-state index contributed by atoms with van der Waals surface area (Å²) in [6.07, 6.45) is 4.22. The van der Waals surface area contributed by atoms with Gasteiger partial charge in [0.25, 0.3) is 0 Å². The Kier molecular flexibility index (Phi) is 3.11. The minimum Gasteiger partial charge on any atom is -0.312 e. The van der Waals surface area contributed by atoms with Gasteiger partial charge in [-0.05, 0) is 37.4 Å². The molecule has 0 spiro atoms. The Bertz CT molecular complexity index is 526. The maximum Gasteiger partial charge on any atom is 0.150 e. The molecule has 0 amide bonds. The van der Waals surface area contributed by atoms with Gasteiger partial charge in [-0.25, -0.2) is 0 Å². The smallest absolute Gasteiger partial charge is 0.150 e. The van der Waals surface area contributed by atoms with Crippen molar-refractivity contribution in [2.45, 2.75) is 32.4 Å². The molecular weight excluding hydrogens is 224 g/mol. The molecule has 1 fully saturated rings. The van der Waals surface area contributed by atoms with Gasteiger partial charge in [-0.1, -0.05) is 24.3 Å². The summed E-state index contributed by atoms with van der Waals surface area (Å²) < 4.78 is 2.16. The highest BCUT2D eigenvalue weighted by Gasteiger charge is 2.21. The molecule has 1 atom stereocenters. The van der Waals surface area contributed by atoms with Gasteiger partial charge in [-0.2, -0.15) is 0 Å². The lowest BCUT2D eigenvalue weighted by molar-refractivity contribution is 0.563. The highest BCUT2D eigenvalue weighted by Crippen LogP contribution is 2.21. The number of rotatable bonds is 3. The van der Waals surface area contributed by atoms with E-state index in [-0.39, 0.29) is 0 Å². The van der Waals surface area contributed by atoms with E-state index >= 15 is 0 Å². The third kappa shape index (κ3) is 2.16. The molecule has 1 aliphatic heterocycles. The van der Waals surface area contributed by atoms with Gasteiger partial charge in [0.05, 0.1) is 12.6 Å². The summed E-state index contributed by atoms with van der Waals surface area (Å²) >= 11 is 0. The summed E-state index contributed by atoms with van der Waals surface area (Å²) in [4.78, 5) is 0. The minimum absolute atomic E-state index is 0.372. The fourth-order valence-corrected chi connectivity index (χ4v) is 2.53. The van der Waals surface area contributed by atoms with Crippen LogP contribution in [0.3, 0.4) is 0 Å². The van der Waals surface area contributed by atoms with Crippen molar-refractivity contribution < 1.29 is 0 Å². The van der Waals surface area contributed by atoms with Crippen molar-refractivity contribution in [1.29, 1.82) is 0 Å². The molecule has 1 unspecified atom stereocenters. The zero-order valence-electron chi connectivity index (χ0n) is 10.6. The van der Waals surface area contributed by atoms with E-state index in [0.29, 0.717) is 6.04 Å². The third-order valence-corrected chi connectivity index (χ3v) is 3.62. The van der Waals surface area contributed by atoms with E-state index in [1.165, 1.54) is 17.5 Å². The molecular formula is C14H18N4. The third-order valence-electron chi connectivity index (χ3n) is 3.62. The maximum absolute atomic E-state index is 4.27. The number of nitrogens with zero attached hydrogens (tertiary/aromatic N) is 3. The maximum atomic E-state index is 4.27. The van der Waals surface area contributed by atoms with Crippen LogP contribution >= 0.6 is 0 Å². The first-order valence-electron chi connectivity index (χ1n) is 6.50. The van der Waals surface area contributed by atoms with Crippen LogP contribution in [0.1, 0.15) is 35.8 Å². The molecule has 1 aliphatic rings. The lowest BCUT2D eigenvalue weighted by atomic mass is 10.1. The zero-order valence-corrected chi connectivity index (χ0v) is 10.6. The van der Waals surface area contributed by atoms with E-state index in [1.807, 2.05) is 6.33 Å². The largest absolute Gasteiger partial charge is 0.312 e. The summed E-state index contributed by atoms with van der Waals surface area (Å²) in [5, 5.41) is 11.8. The second-order valence-corrected chi connectivity index (χ2v) is 4.89. The van der Waals surface area contributed by atoms with Crippen LogP contribution < -0.4 is 5.32 Å². The highest BCUT2D eigenvalue weighted by molar-refractivity contribution is 5.26. The summed E-state index contributed by atoms with van der Waals surface area (Å²) in [5.41, 5.74) is 2.65. The van der Waals surface area contributed by atoms with Gasteiger partial charge in [0, 0.05) is 0 Å². The van der Waals surface area contributed by atoms with Crippen molar-refractivity contribution in [1.82, 2.24) is 20.1 Å². The monoisotopic (exact) mass is 242 g/mol. The van der Waals surface area contributed by atoms with E-state index in [2.05, 4.69) is 51.3 Å². The Balaban J connectivity index is 1.85. The van der Waals surface area contributed by atoms with Gasteiger partial charge in [-0.15, -0.1) is 10.2 Å². The molecule has 4 nitrogen and oxygen atoms in total. The Morgan fingerprint density at radius 2 is 2.28 bits per heavy atom. The molecule has 4 heteroatoms. The van der Waals surface area contributed by atoms with E-state index < -0.39 is 0 Å². The van der Waals surface area contributed by atoms with Gasteiger partial charge in [0.2, 0.25) is 0 Å². The van der Waals surface area contributed by atoms with Crippen LogP contribution in [0, 0.1) is 6.92 Å². The summed E-state index contributed by atoms with van der Waals surface area (Å²) in [6.45, 7) is 4.09. The quantitative estimate of drug-likeness (QED) is 0.896. The van der Waals surface area contributed by atoms with Gasteiger partial charge < -0.3 is 9.88 Å². The van der Waals surface area contributed by atoms with Crippen LogP contribution in [-0.2, 0) is 6.54 Å². The SMILES string of the molecule is Cc1ccccc1Cn1cnnc1C1CCCN1. The number of aryl methyl sites for hydroxylation is 1. The fraction of sp³-hybridized carbons (Fsp3) is 0.429. The lowest BCUT2D eigenvalue weighted by Gasteiger charge is -2.13. The van der Waals surface area contributed by atoms with Crippen molar-refractivity contribution in [3.8, 4) is 0 Å². The Morgan fingerprint density at radius 3 is 3.06 bits per heavy atom. The van der Waals surface area contributed by atoms with Crippen molar-refractivity contribution in [3.05, 3.63) is 47.5 Å². The van der Waals surface area contributed by atoms with E-state index in [0.717, 1.165) is 25.3 Å². The van der Waals surface area contributed by atoms with E-state index in [1.54, 1.807) is 0 Å². The average Bonchev–Trinajstić information content (AvgIpc) is 3.02. The van der Waals surface area contributed by atoms with Crippen molar-refractivity contribution >= 4 is 0 Å². The Hall–Kier alpha value is -1.68. The van der Waals surface area contributed by atoms with Gasteiger partial charge in [0.1, 0.15) is 12.2 Å². The Morgan fingerprint density at radius 1 is 1.39 bits per heavy atom. The first-order chi connectivity index (χ1) is 8.84. The first kappa shape index (κ1) is 11.4. The minimum atomic E-state index is 0.372. The van der Waals surface area contributed by atoms with Gasteiger partial charge in [0.15, 0.2) is 0 Å². The number of hydrogen-bond donors (Lipinski definition) is 1. The number of benzene rings is 1. The van der Waals surface area contributed by atoms with Gasteiger partial charge >= 0.3 is 0 Å². The highest BCUT2D eigenvalue weighted by atomic mass is 15.3. The molecule has 0 saturated carbocycles. The number of hydrogen-bond acceptors (Lipinski definition) is 3. The molecule has 18 heavy (non-hydrogen) atoms. The molecule has 0 radical (unpaired) electrons. The van der Waals surface area contributed by atoms with Crippen molar-refractivity contribution in [2.75, 3.05) is 6.54 Å².